The monoisotopic (exact) mass is 421 g/mol. The Hall–Kier alpha value is -2.53. The number of aryl methyl sites for hydroxylation is 1. The summed E-state index contributed by atoms with van der Waals surface area (Å²) in [4.78, 5) is 11.3. The van der Waals surface area contributed by atoms with Gasteiger partial charge in [-0.25, -0.2) is 4.79 Å². The van der Waals surface area contributed by atoms with E-state index in [1.54, 1.807) is 0 Å². The quantitative estimate of drug-likeness (QED) is 0.602. The molecule has 0 radical (unpaired) electrons. The number of rotatable bonds is 4. The second-order valence-corrected chi connectivity index (χ2v) is 9.84. The van der Waals surface area contributed by atoms with Crippen LogP contribution in [0, 0.1) is 17.3 Å². The Morgan fingerprint density at radius 2 is 1.94 bits per heavy atom. The number of carbonyl (C=O) groups is 1. The SMILES string of the molecule is C[C@]12CC[C@@H]3c4ccc(OCc5ccccc5)cc4CC[C@H]3[C@@H]1CC[C@@]2(O)NC(=O)O. The minimum Gasteiger partial charge on any atom is -0.489 e. The van der Waals surface area contributed by atoms with Gasteiger partial charge in [0.1, 0.15) is 18.1 Å². The second kappa shape index (κ2) is 7.56. The first-order valence-electron chi connectivity index (χ1n) is 11.4. The molecule has 2 fully saturated rings. The van der Waals surface area contributed by atoms with Crippen molar-refractivity contribution in [1.82, 2.24) is 5.32 Å². The highest BCUT2D eigenvalue weighted by Gasteiger charge is 2.62. The fraction of sp³-hybridized carbons (Fsp3) is 0.500. The summed E-state index contributed by atoms with van der Waals surface area (Å²) in [6.07, 6.45) is 4.16. The van der Waals surface area contributed by atoms with Crippen LogP contribution in [0.2, 0.25) is 0 Å². The molecule has 31 heavy (non-hydrogen) atoms. The number of hydrogen-bond donors (Lipinski definition) is 3. The highest BCUT2D eigenvalue weighted by atomic mass is 16.5. The molecule has 0 heterocycles. The zero-order chi connectivity index (χ0) is 21.6. The molecule has 0 aromatic heterocycles. The van der Waals surface area contributed by atoms with E-state index in [0.29, 0.717) is 30.8 Å². The van der Waals surface area contributed by atoms with Crippen LogP contribution < -0.4 is 10.1 Å². The molecule has 3 aliphatic carbocycles. The molecule has 164 valence electrons. The second-order valence-electron chi connectivity index (χ2n) is 9.84. The number of ether oxygens (including phenoxy) is 1. The molecule has 5 heteroatoms. The Morgan fingerprint density at radius 1 is 1.13 bits per heavy atom. The molecule has 2 aromatic rings. The molecule has 5 atom stereocenters. The van der Waals surface area contributed by atoms with E-state index >= 15 is 0 Å². The summed E-state index contributed by atoms with van der Waals surface area (Å²) >= 11 is 0. The average Bonchev–Trinajstić information content (AvgIpc) is 3.02. The Balaban J connectivity index is 1.34. The van der Waals surface area contributed by atoms with Gasteiger partial charge < -0.3 is 14.9 Å². The minimum atomic E-state index is -1.32. The molecule has 2 saturated carbocycles. The molecule has 0 saturated heterocycles. The molecular formula is C26H31NO4. The van der Waals surface area contributed by atoms with Gasteiger partial charge in [0.15, 0.2) is 0 Å². The zero-order valence-corrected chi connectivity index (χ0v) is 18.0. The lowest BCUT2D eigenvalue weighted by molar-refractivity contribution is -0.118. The van der Waals surface area contributed by atoms with Gasteiger partial charge in [0.25, 0.3) is 0 Å². The molecule has 0 unspecified atom stereocenters. The minimum absolute atomic E-state index is 0.338. The maximum Gasteiger partial charge on any atom is 0.406 e. The lowest BCUT2D eigenvalue weighted by Crippen LogP contribution is -2.59. The van der Waals surface area contributed by atoms with Crippen molar-refractivity contribution in [3.05, 3.63) is 65.2 Å². The summed E-state index contributed by atoms with van der Waals surface area (Å²) in [5.74, 6) is 2.23. The summed E-state index contributed by atoms with van der Waals surface area (Å²) in [6.45, 7) is 2.66. The van der Waals surface area contributed by atoms with Gasteiger partial charge in [0.2, 0.25) is 0 Å². The van der Waals surface area contributed by atoms with Crippen LogP contribution in [0.25, 0.3) is 0 Å². The number of nitrogens with one attached hydrogen (secondary N) is 1. The first kappa shape index (κ1) is 20.4. The molecule has 0 spiro atoms. The topological polar surface area (TPSA) is 78.8 Å². The van der Waals surface area contributed by atoms with E-state index in [-0.39, 0.29) is 0 Å². The molecule has 5 nitrogen and oxygen atoms in total. The zero-order valence-electron chi connectivity index (χ0n) is 18.0. The lowest BCUT2D eigenvalue weighted by Gasteiger charge is -2.53. The number of benzene rings is 2. The van der Waals surface area contributed by atoms with Gasteiger partial charge in [-0.2, -0.15) is 0 Å². The van der Waals surface area contributed by atoms with E-state index in [1.807, 2.05) is 18.2 Å². The summed E-state index contributed by atoms with van der Waals surface area (Å²) in [5, 5.41) is 22.9. The maximum absolute atomic E-state index is 11.3. The van der Waals surface area contributed by atoms with E-state index in [2.05, 4.69) is 42.6 Å². The molecular weight excluding hydrogens is 390 g/mol. The van der Waals surface area contributed by atoms with Crippen molar-refractivity contribution < 1.29 is 19.7 Å². The first-order chi connectivity index (χ1) is 14.9. The van der Waals surface area contributed by atoms with Crippen molar-refractivity contribution in [2.45, 2.75) is 63.7 Å². The molecule has 0 aliphatic heterocycles. The summed E-state index contributed by atoms with van der Waals surface area (Å²) in [6, 6.07) is 16.8. The number of hydrogen-bond acceptors (Lipinski definition) is 3. The molecule has 0 bridgehead atoms. The van der Waals surface area contributed by atoms with Crippen molar-refractivity contribution in [2.24, 2.45) is 17.3 Å². The van der Waals surface area contributed by atoms with Gasteiger partial charge in [-0.15, -0.1) is 0 Å². The largest absolute Gasteiger partial charge is 0.489 e. The molecule has 5 rings (SSSR count). The summed E-state index contributed by atoms with van der Waals surface area (Å²) in [5.41, 5.74) is 2.25. The Morgan fingerprint density at radius 3 is 2.71 bits per heavy atom. The third-order valence-corrected chi connectivity index (χ3v) is 8.41. The van der Waals surface area contributed by atoms with Crippen LogP contribution in [-0.4, -0.2) is 22.0 Å². The smallest absolute Gasteiger partial charge is 0.406 e. The maximum atomic E-state index is 11.3. The standard InChI is InChI=1S/C26H31NO4/c1-25-13-11-21-20-10-8-19(31-16-17-5-3-2-4-6-17)15-18(20)7-9-22(21)23(25)12-14-26(25,30)27-24(28)29/h2-6,8,10,15,21-23,27,30H,7,9,11-14,16H2,1H3,(H,28,29)/t21-,22-,23+,25+,26+/m1/s1. The van der Waals surface area contributed by atoms with Crippen molar-refractivity contribution in [1.29, 1.82) is 0 Å². The van der Waals surface area contributed by atoms with Crippen LogP contribution in [0.3, 0.4) is 0 Å². The van der Waals surface area contributed by atoms with Crippen molar-refractivity contribution in [3.63, 3.8) is 0 Å². The van der Waals surface area contributed by atoms with Gasteiger partial charge in [0, 0.05) is 5.41 Å². The predicted octanol–water partition coefficient (Wildman–Crippen LogP) is 5.08. The van der Waals surface area contributed by atoms with E-state index in [9.17, 15) is 15.0 Å². The predicted molar refractivity (Wildman–Crippen MR) is 118 cm³/mol. The van der Waals surface area contributed by atoms with Crippen LogP contribution in [0.5, 0.6) is 5.75 Å². The number of aliphatic hydroxyl groups is 1. The van der Waals surface area contributed by atoms with E-state index < -0.39 is 17.2 Å². The highest BCUT2D eigenvalue weighted by Crippen LogP contribution is 2.63. The Labute approximate surface area is 183 Å². The first-order valence-corrected chi connectivity index (χ1v) is 11.4. The fourth-order valence-electron chi connectivity index (χ4n) is 6.79. The fourth-order valence-corrected chi connectivity index (χ4v) is 6.79. The Bertz CT molecular complexity index is 977. The van der Waals surface area contributed by atoms with E-state index in [0.717, 1.165) is 43.4 Å². The van der Waals surface area contributed by atoms with E-state index in [1.165, 1.54) is 11.1 Å². The summed E-state index contributed by atoms with van der Waals surface area (Å²) in [7, 11) is 0. The van der Waals surface area contributed by atoms with Crippen LogP contribution in [0.15, 0.2) is 48.5 Å². The van der Waals surface area contributed by atoms with Crippen molar-refractivity contribution in [3.8, 4) is 5.75 Å². The average molecular weight is 422 g/mol. The number of amides is 1. The van der Waals surface area contributed by atoms with Gasteiger partial charge in [0.05, 0.1) is 0 Å². The van der Waals surface area contributed by atoms with Crippen LogP contribution in [-0.2, 0) is 13.0 Å². The Kier molecular flexibility index (Phi) is 4.97. The lowest BCUT2D eigenvalue weighted by atomic mass is 9.54. The third kappa shape index (κ3) is 3.39. The van der Waals surface area contributed by atoms with Crippen LogP contribution >= 0.6 is 0 Å². The van der Waals surface area contributed by atoms with Gasteiger partial charge >= 0.3 is 6.09 Å². The summed E-state index contributed by atoms with van der Waals surface area (Å²) < 4.78 is 6.05. The van der Waals surface area contributed by atoms with Gasteiger partial charge in [-0.1, -0.05) is 43.3 Å². The normalized spacial score (nSPS) is 33.7. The number of fused-ring (bicyclic) bond motifs is 5. The van der Waals surface area contributed by atoms with E-state index in [4.69, 9.17) is 4.74 Å². The molecule has 3 N–H and O–H groups in total. The van der Waals surface area contributed by atoms with Gasteiger partial charge in [-0.05, 0) is 85.1 Å². The molecule has 1 amide bonds. The highest BCUT2D eigenvalue weighted by molar-refractivity contribution is 5.65. The van der Waals surface area contributed by atoms with Gasteiger partial charge in [-0.3, -0.25) is 5.32 Å². The third-order valence-electron chi connectivity index (χ3n) is 8.41. The van der Waals surface area contributed by atoms with Crippen LogP contribution in [0.4, 0.5) is 4.79 Å². The molecule has 2 aromatic carbocycles. The van der Waals surface area contributed by atoms with Crippen molar-refractivity contribution in [2.75, 3.05) is 0 Å². The van der Waals surface area contributed by atoms with Crippen molar-refractivity contribution >= 4 is 6.09 Å². The number of carboxylic acid groups (broad SMARTS) is 1. The molecule has 3 aliphatic rings. The van der Waals surface area contributed by atoms with Crippen LogP contribution in [0.1, 0.15) is 61.6 Å².